The van der Waals surface area contributed by atoms with E-state index in [4.69, 9.17) is 4.74 Å². The standard InChI is InChI=1S/C32H48N2O5/c1-5-7-9-17-27(20-25-15-10-8-11-16-25)31(38)39-22-28(24(3)4)33-30(37)26(14-6-2)21-29(36)34-32(23-35)18-12-13-19-32/h5-6,8,10-11,15-16,24,26-28,35H,1-2,7,9,12-14,17-23H2,3-4H3,(H,33,37)(H,34,36)/t26-,27+,28+/m0/s1. The first-order chi connectivity index (χ1) is 18.7. The number of allylic oxidation sites excluding steroid dienone is 2. The summed E-state index contributed by atoms with van der Waals surface area (Å²) in [5, 5.41) is 15.8. The molecule has 3 atom stereocenters. The van der Waals surface area contributed by atoms with Gasteiger partial charge in [-0.2, -0.15) is 0 Å². The van der Waals surface area contributed by atoms with Crippen molar-refractivity contribution in [2.24, 2.45) is 17.8 Å². The van der Waals surface area contributed by atoms with Gasteiger partial charge in [0.25, 0.3) is 0 Å². The minimum atomic E-state index is -0.596. The maximum Gasteiger partial charge on any atom is 0.309 e. The SMILES string of the molecule is C=CCCC[C@H](Cc1ccccc1)C(=O)OC[C@@H](NC(=O)[C@@H](CC=C)CC(=O)NC1(CO)CCCC1)C(C)C. The van der Waals surface area contributed by atoms with Crippen LogP contribution in [0.15, 0.2) is 55.6 Å². The van der Waals surface area contributed by atoms with Crippen LogP contribution in [0, 0.1) is 17.8 Å². The van der Waals surface area contributed by atoms with Crippen LogP contribution < -0.4 is 10.6 Å². The lowest BCUT2D eigenvalue weighted by atomic mass is 9.94. The molecule has 0 aliphatic heterocycles. The number of unbranched alkanes of at least 4 members (excludes halogenated alkanes) is 1. The van der Waals surface area contributed by atoms with Gasteiger partial charge in [-0.15, -0.1) is 13.2 Å². The van der Waals surface area contributed by atoms with Crippen molar-refractivity contribution < 1.29 is 24.2 Å². The van der Waals surface area contributed by atoms with Crippen LogP contribution in [0.1, 0.15) is 77.2 Å². The fourth-order valence-electron chi connectivity index (χ4n) is 5.13. The zero-order valence-corrected chi connectivity index (χ0v) is 23.8. The third-order valence-corrected chi connectivity index (χ3v) is 7.68. The van der Waals surface area contributed by atoms with Crippen molar-refractivity contribution in [2.75, 3.05) is 13.2 Å². The Morgan fingerprint density at radius 1 is 1.08 bits per heavy atom. The molecule has 2 rings (SSSR count). The van der Waals surface area contributed by atoms with Gasteiger partial charge in [0, 0.05) is 6.42 Å². The predicted molar refractivity (Wildman–Crippen MR) is 155 cm³/mol. The lowest BCUT2D eigenvalue weighted by molar-refractivity contribution is -0.150. The van der Waals surface area contributed by atoms with Crippen molar-refractivity contribution in [1.82, 2.24) is 10.6 Å². The first-order valence-electron chi connectivity index (χ1n) is 14.4. The van der Waals surface area contributed by atoms with Crippen LogP contribution in [-0.2, 0) is 25.5 Å². The van der Waals surface area contributed by atoms with Crippen LogP contribution in [0.3, 0.4) is 0 Å². The summed E-state index contributed by atoms with van der Waals surface area (Å²) < 4.78 is 5.76. The average molecular weight is 541 g/mol. The number of hydrogen-bond acceptors (Lipinski definition) is 5. The molecule has 1 aliphatic carbocycles. The smallest absolute Gasteiger partial charge is 0.309 e. The van der Waals surface area contributed by atoms with E-state index in [1.807, 2.05) is 50.3 Å². The minimum absolute atomic E-state index is 0.00661. The largest absolute Gasteiger partial charge is 0.463 e. The summed E-state index contributed by atoms with van der Waals surface area (Å²) in [5.41, 5.74) is 0.501. The molecule has 2 amide bonds. The van der Waals surface area contributed by atoms with E-state index in [0.717, 1.165) is 44.1 Å². The summed E-state index contributed by atoms with van der Waals surface area (Å²) in [6.07, 6.45) is 10.2. The Morgan fingerprint density at radius 3 is 2.36 bits per heavy atom. The summed E-state index contributed by atoms with van der Waals surface area (Å²) in [6.45, 7) is 11.4. The molecule has 0 radical (unpaired) electrons. The van der Waals surface area contributed by atoms with Crippen LogP contribution >= 0.6 is 0 Å². The van der Waals surface area contributed by atoms with Gasteiger partial charge in [0.2, 0.25) is 11.8 Å². The Morgan fingerprint density at radius 2 is 1.77 bits per heavy atom. The third kappa shape index (κ3) is 11.0. The van der Waals surface area contributed by atoms with Crippen molar-refractivity contribution in [3.05, 3.63) is 61.2 Å². The van der Waals surface area contributed by atoms with Crippen molar-refractivity contribution in [3.8, 4) is 0 Å². The highest BCUT2D eigenvalue weighted by molar-refractivity contribution is 5.86. The molecule has 1 aromatic carbocycles. The number of carbonyl (C=O) groups excluding carboxylic acids is 3. The lowest BCUT2D eigenvalue weighted by Crippen LogP contribution is -2.51. The van der Waals surface area contributed by atoms with Gasteiger partial charge in [-0.1, -0.05) is 69.2 Å². The quantitative estimate of drug-likeness (QED) is 0.140. The van der Waals surface area contributed by atoms with Gasteiger partial charge >= 0.3 is 5.97 Å². The highest BCUT2D eigenvalue weighted by atomic mass is 16.5. The fourth-order valence-corrected chi connectivity index (χ4v) is 5.13. The number of esters is 1. The highest BCUT2D eigenvalue weighted by Crippen LogP contribution is 2.29. The van der Waals surface area contributed by atoms with E-state index < -0.39 is 11.5 Å². The number of aliphatic hydroxyl groups excluding tert-OH is 1. The van der Waals surface area contributed by atoms with Gasteiger partial charge in [0.1, 0.15) is 6.61 Å². The van der Waals surface area contributed by atoms with Crippen molar-refractivity contribution in [1.29, 1.82) is 0 Å². The summed E-state index contributed by atoms with van der Waals surface area (Å²) in [7, 11) is 0. The Kier molecular flexibility index (Phi) is 14.0. The van der Waals surface area contributed by atoms with E-state index in [0.29, 0.717) is 19.3 Å². The van der Waals surface area contributed by atoms with E-state index in [1.165, 1.54) is 0 Å². The molecular weight excluding hydrogens is 492 g/mol. The van der Waals surface area contributed by atoms with Gasteiger partial charge in [-0.25, -0.2) is 0 Å². The monoisotopic (exact) mass is 540 g/mol. The van der Waals surface area contributed by atoms with Gasteiger partial charge < -0.3 is 20.5 Å². The first kappa shape index (κ1) is 32.3. The van der Waals surface area contributed by atoms with E-state index in [-0.39, 0.29) is 55.3 Å². The molecular formula is C32H48N2O5. The van der Waals surface area contributed by atoms with Crippen LogP contribution in [0.25, 0.3) is 0 Å². The van der Waals surface area contributed by atoms with Crippen LogP contribution in [0.2, 0.25) is 0 Å². The molecule has 0 spiro atoms. The Hall–Kier alpha value is -2.93. The number of rotatable bonds is 18. The maximum atomic E-state index is 13.2. The fraction of sp³-hybridized carbons (Fsp3) is 0.594. The van der Waals surface area contributed by atoms with E-state index >= 15 is 0 Å². The molecule has 3 N–H and O–H groups in total. The van der Waals surface area contributed by atoms with Crippen LogP contribution in [-0.4, -0.2) is 47.7 Å². The van der Waals surface area contributed by atoms with Crippen molar-refractivity contribution in [3.63, 3.8) is 0 Å². The van der Waals surface area contributed by atoms with Crippen LogP contribution in [0.4, 0.5) is 0 Å². The average Bonchev–Trinajstić information content (AvgIpc) is 3.39. The summed E-state index contributed by atoms with van der Waals surface area (Å²) in [5.74, 6) is -1.64. The molecule has 1 aromatic rings. The molecule has 0 heterocycles. The molecule has 7 nitrogen and oxygen atoms in total. The molecule has 0 saturated heterocycles. The van der Waals surface area contributed by atoms with Crippen LogP contribution in [0.5, 0.6) is 0 Å². The lowest BCUT2D eigenvalue weighted by Gasteiger charge is -2.29. The van der Waals surface area contributed by atoms with Crippen molar-refractivity contribution in [2.45, 2.75) is 89.6 Å². The molecule has 1 aliphatic rings. The predicted octanol–water partition coefficient (Wildman–Crippen LogP) is 4.89. The number of ether oxygens (including phenoxy) is 1. The molecule has 1 fully saturated rings. The normalized spacial score (nSPS) is 16.6. The second-order valence-electron chi connectivity index (χ2n) is 11.2. The Bertz CT molecular complexity index is 924. The molecule has 0 bridgehead atoms. The van der Waals surface area contributed by atoms with Gasteiger partial charge in [-0.05, 0) is 56.4 Å². The summed E-state index contributed by atoms with van der Waals surface area (Å²) in [6, 6.07) is 9.51. The third-order valence-electron chi connectivity index (χ3n) is 7.68. The minimum Gasteiger partial charge on any atom is -0.463 e. The zero-order valence-electron chi connectivity index (χ0n) is 23.8. The van der Waals surface area contributed by atoms with Gasteiger partial charge in [-0.3, -0.25) is 14.4 Å². The maximum absolute atomic E-state index is 13.2. The topological polar surface area (TPSA) is 105 Å². The van der Waals surface area contributed by atoms with Gasteiger partial charge in [0.05, 0.1) is 30.0 Å². The Balaban J connectivity index is 1.98. The number of aliphatic hydroxyl groups is 1. The second-order valence-corrected chi connectivity index (χ2v) is 11.2. The molecule has 0 aromatic heterocycles. The van der Waals surface area contributed by atoms with E-state index in [2.05, 4.69) is 23.8 Å². The molecule has 0 unspecified atom stereocenters. The second kappa shape index (κ2) is 16.9. The Labute approximate surface area is 234 Å². The molecule has 7 heteroatoms. The summed E-state index contributed by atoms with van der Waals surface area (Å²) >= 11 is 0. The molecule has 1 saturated carbocycles. The first-order valence-corrected chi connectivity index (χ1v) is 14.4. The van der Waals surface area contributed by atoms with Gasteiger partial charge in [0.15, 0.2) is 0 Å². The number of benzene rings is 1. The van der Waals surface area contributed by atoms with E-state index in [1.54, 1.807) is 6.08 Å². The molecule has 39 heavy (non-hydrogen) atoms. The van der Waals surface area contributed by atoms with Crippen molar-refractivity contribution >= 4 is 17.8 Å². The number of carbonyl (C=O) groups is 3. The zero-order chi connectivity index (χ0) is 28.7. The number of nitrogens with one attached hydrogen (secondary N) is 2. The van der Waals surface area contributed by atoms with E-state index in [9.17, 15) is 19.5 Å². The summed E-state index contributed by atoms with van der Waals surface area (Å²) in [4.78, 5) is 39.1. The number of amides is 2. The number of hydrogen-bond donors (Lipinski definition) is 3. The highest BCUT2D eigenvalue weighted by Gasteiger charge is 2.35. The molecule has 216 valence electrons.